The number of hydrogen-bond acceptors (Lipinski definition) is 1. The van der Waals surface area contributed by atoms with Gasteiger partial charge in [0.25, 0.3) is 0 Å². The van der Waals surface area contributed by atoms with Gasteiger partial charge in [0.1, 0.15) is 11.6 Å². The molecule has 0 aromatic heterocycles. The van der Waals surface area contributed by atoms with Gasteiger partial charge in [0.05, 0.1) is 5.56 Å². The van der Waals surface area contributed by atoms with E-state index in [0.29, 0.717) is 11.6 Å². The molecule has 0 spiro atoms. The van der Waals surface area contributed by atoms with Crippen LogP contribution in [0.3, 0.4) is 0 Å². The monoisotopic (exact) mass is 256 g/mol. The molecule has 18 heavy (non-hydrogen) atoms. The van der Waals surface area contributed by atoms with Gasteiger partial charge in [0, 0.05) is 0 Å². The fourth-order valence-electron chi connectivity index (χ4n) is 1.61. The first-order chi connectivity index (χ1) is 8.38. The maximum Gasteiger partial charge on any atom is 0.419 e. The normalized spacial score (nSPS) is 11.6. The van der Waals surface area contributed by atoms with Gasteiger partial charge >= 0.3 is 6.18 Å². The summed E-state index contributed by atoms with van der Waals surface area (Å²) in [6, 6.07) is 8.53. The van der Waals surface area contributed by atoms with Gasteiger partial charge in [-0.05, 0) is 35.4 Å². The van der Waals surface area contributed by atoms with Crippen molar-refractivity contribution in [3.05, 3.63) is 53.8 Å². The first-order valence-corrected chi connectivity index (χ1v) is 5.04. The van der Waals surface area contributed by atoms with E-state index in [-0.39, 0.29) is 11.3 Å². The molecule has 0 amide bonds. The standard InChI is InChI=1S/C13H8F4O/c14-12-7-9(4-5-11(12)13(15,16)17)8-2-1-3-10(18)6-8/h1-7,18H. The topological polar surface area (TPSA) is 20.2 Å². The first kappa shape index (κ1) is 12.4. The Labute approximate surface area is 100 Å². The molecule has 2 rings (SSSR count). The average molecular weight is 256 g/mol. The Kier molecular flexibility index (Phi) is 2.98. The van der Waals surface area contributed by atoms with Gasteiger partial charge in [-0.2, -0.15) is 13.2 Å². The van der Waals surface area contributed by atoms with Gasteiger partial charge in [-0.1, -0.05) is 18.2 Å². The summed E-state index contributed by atoms with van der Waals surface area (Å²) in [7, 11) is 0. The van der Waals surface area contributed by atoms with Crippen molar-refractivity contribution in [2.24, 2.45) is 0 Å². The van der Waals surface area contributed by atoms with Gasteiger partial charge < -0.3 is 5.11 Å². The molecule has 0 atom stereocenters. The molecule has 0 radical (unpaired) electrons. The van der Waals surface area contributed by atoms with Crippen LogP contribution < -0.4 is 0 Å². The molecule has 2 aromatic carbocycles. The van der Waals surface area contributed by atoms with Crippen LogP contribution in [0.4, 0.5) is 17.6 Å². The third kappa shape index (κ3) is 2.45. The molecule has 0 saturated heterocycles. The van der Waals surface area contributed by atoms with Crippen molar-refractivity contribution in [3.8, 4) is 16.9 Å². The zero-order chi connectivity index (χ0) is 13.3. The van der Waals surface area contributed by atoms with Crippen molar-refractivity contribution in [2.45, 2.75) is 6.18 Å². The largest absolute Gasteiger partial charge is 0.508 e. The summed E-state index contributed by atoms with van der Waals surface area (Å²) in [6.07, 6.45) is -4.71. The molecule has 0 fully saturated rings. The third-order valence-corrected chi connectivity index (χ3v) is 2.45. The molecule has 2 aromatic rings. The second-order valence-electron chi connectivity index (χ2n) is 3.74. The summed E-state index contributed by atoms with van der Waals surface area (Å²) in [5.74, 6) is -1.36. The van der Waals surface area contributed by atoms with Crippen molar-refractivity contribution in [3.63, 3.8) is 0 Å². The molecule has 0 unspecified atom stereocenters. The molecule has 0 bridgehead atoms. The van der Waals surface area contributed by atoms with Crippen molar-refractivity contribution >= 4 is 0 Å². The van der Waals surface area contributed by atoms with E-state index in [1.807, 2.05) is 0 Å². The van der Waals surface area contributed by atoms with Crippen LogP contribution in [0, 0.1) is 5.82 Å². The third-order valence-electron chi connectivity index (χ3n) is 2.45. The zero-order valence-corrected chi connectivity index (χ0v) is 9.00. The summed E-state index contributed by atoms with van der Waals surface area (Å²) in [5.41, 5.74) is -0.578. The fraction of sp³-hybridized carbons (Fsp3) is 0.0769. The maximum absolute atomic E-state index is 13.3. The van der Waals surface area contributed by atoms with Crippen molar-refractivity contribution in [1.82, 2.24) is 0 Å². The molecule has 94 valence electrons. The quantitative estimate of drug-likeness (QED) is 0.757. The predicted molar refractivity (Wildman–Crippen MR) is 58.5 cm³/mol. The molecule has 1 N–H and O–H groups in total. The van der Waals surface area contributed by atoms with Gasteiger partial charge in [-0.25, -0.2) is 4.39 Å². The Bertz CT molecular complexity index is 575. The van der Waals surface area contributed by atoms with Gasteiger partial charge in [-0.15, -0.1) is 0 Å². The predicted octanol–water partition coefficient (Wildman–Crippen LogP) is 4.22. The van der Waals surface area contributed by atoms with Crippen LogP contribution in [0.2, 0.25) is 0 Å². The molecular formula is C13H8F4O. The number of hydrogen-bond donors (Lipinski definition) is 1. The molecular weight excluding hydrogens is 248 g/mol. The lowest BCUT2D eigenvalue weighted by Gasteiger charge is -2.09. The number of alkyl halides is 3. The molecule has 0 aliphatic carbocycles. The molecule has 0 heterocycles. The number of aromatic hydroxyl groups is 1. The van der Waals surface area contributed by atoms with Crippen LogP contribution in [0.25, 0.3) is 11.1 Å². The minimum atomic E-state index is -4.71. The Morgan fingerprint density at radius 1 is 0.889 bits per heavy atom. The SMILES string of the molecule is Oc1cccc(-c2ccc(C(F)(F)F)c(F)c2)c1. The van der Waals surface area contributed by atoms with Crippen molar-refractivity contribution < 1.29 is 22.7 Å². The summed E-state index contributed by atoms with van der Waals surface area (Å²) in [4.78, 5) is 0. The fourth-order valence-corrected chi connectivity index (χ4v) is 1.61. The van der Waals surface area contributed by atoms with Crippen LogP contribution in [-0.4, -0.2) is 5.11 Å². The smallest absolute Gasteiger partial charge is 0.419 e. The summed E-state index contributed by atoms with van der Waals surface area (Å²) >= 11 is 0. The van der Waals surface area contributed by atoms with Gasteiger partial charge in [-0.3, -0.25) is 0 Å². The lowest BCUT2D eigenvalue weighted by molar-refractivity contribution is -0.139. The van der Waals surface area contributed by atoms with Crippen LogP contribution in [0.1, 0.15) is 5.56 Å². The molecule has 0 aliphatic heterocycles. The number of benzene rings is 2. The van der Waals surface area contributed by atoms with E-state index in [1.165, 1.54) is 24.3 Å². The second-order valence-corrected chi connectivity index (χ2v) is 3.74. The lowest BCUT2D eigenvalue weighted by atomic mass is 10.0. The highest BCUT2D eigenvalue weighted by atomic mass is 19.4. The minimum Gasteiger partial charge on any atom is -0.508 e. The van der Waals surface area contributed by atoms with Crippen molar-refractivity contribution in [1.29, 1.82) is 0 Å². The lowest BCUT2D eigenvalue weighted by Crippen LogP contribution is -2.07. The molecule has 1 nitrogen and oxygen atoms in total. The van der Waals surface area contributed by atoms with E-state index in [9.17, 15) is 22.7 Å². The second kappa shape index (κ2) is 4.33. The number of halogens is 4. The van der Waals surface area contributed by atoms with Crippen molar-refractivity contribution in [2.75, 3.05) is 0 Å². The van der Waals surface area contributed by atoms with E-state index in [2.05, 4.69) is 0 Å². The van der Waals surface area contributed by atoms with Crippen LogP contribution in [0.5, 0.6) is 5.75 Å². The van der Waals surface area contributed by atoms with E-state index < -0.39 is 17.6 Å². The molecule has 0 saturated carbocycles. The minimum absolute atomic E-state index is 0.0344. The Morgan fingerprint density at radius 2 is 1.56 bits per heavy atom. The van der Waals surface area contributed by atoms with Crippen LogP contribution in [0.15, 0.2) is 42.5 Å². The number of phenolic OH excluding ortho intramolecular Hbond substituents is 1. The van der Waals surface area contributed by atoms with E-state index in [4.69, 9.17) is 0 Å². The summed E-state index contributed by atoms with van der Waals surface area (Å²) < 4.78 is 50.5. The van der Waals surface area contributed by atoms with E-state index in [0.717, 1.165) is 6.07 Å². The first-order valence-electron chi connectivity index (χ1n) is 5.04. The Morgan fingerprint density at radius 3 is 2.11 bits per heavy atom. The summed E-state index contributed by atoms with van der Waals surface area (Å²) in [5, 5.41) is 9.25. The highest BCUT2D eigenvalue weighted by molar-refractivity contribution is 5.65. The van der Waals surface area contributed by atoms with Crippen LogP contribution in [-0.2, 0) is 6.18 Å². The maximum atomic E-state index is 13.3. The zero-order valence-electron chi connectivity index (χ0n) is 9.00. The number of phenols is 1. The highest BCUT2D eigenvalue weighted by Gasteiger charge is 2.33. The van der Waals surface area contributed by atoms with E-state index >= 15 is 0 Å². The molecule has 5 heteroatoms. The Hall–Kier alpha value is -2.04. The number of rotatable bonds is 1. The van der Waals surface area contributed by atoms with Gasteiger partial charge in [0.2, 0.25) is 0 Å². The van der Waals surface area contributed by atoms with Crippen LogP contribution >= 0.6 is 0 Å². The Balaban J connectivity index is 2.47. The van der Waals surface area contributed by atoms with E-state index in [1.54, 1.807) is 6.07 Å². The molecule has 0 aliphatic rings. The van der Waals surface area contributed by atoms with Gasteiger partial charge in [0.15, 0.2) is 0 Å². The summed E-state index contributed by atoms with van der Waals surface area (Å²) in [6.45, 7) is 0. The highest BCUT2D eigenvalue weighted by Crippen LogP contribution is 2.33. The average Bonchev–Trinajstić information content (AvgIpc) is 2.27.